The van der Waals surface area contributed by atoms with E-state index in [1.807, 2.05) is 0 Å². The standard InChI is InChI=1S/C16H26N2/c1-12(2)15-8-4-6-13(3)16(15)18-11-9-14-7-5-10-17-14/h4,6,8,12,14,17-18H,5,7,9-11H2,1-3H3. The smallest absolute Gasteiger partial charge is 0.0405 e. The van der Waals surface area contributed by atoms with Crippen molar-refractivity contribution < 1.29 is 0 Å². The SMILES string of the molecule is Cc1cccc(C(C)C)c1NCCC1CCCN1. The molecule has 2 heteroatoms. The van der Waals surface area contributed by atoms with Gasteiger partial charge >= 0.3 is 0 Å². The van der Waals surface area contributed by atoms with Gasteiger partial charge in [0.15, 0.2) is 0 Å². The summed E-state index contributed by atoms with van der Waals surface area (Å²) >= 11 is 0. The van der Waals surface area contributed by atoms with Crippen LogP contribution in [0.2, 0.25) is 0 Å². The Morgan fingerprint density at radius 1 is 1.39 bits per heavy atom. The lowest BCUT2D eigenvalue weighted by Crippen LogP contribution is -2.24. The van der Waals surface area contributed by atoms with E-state index in [1.54, 1.807) is 0 Å². The van der Waals surface area contributed by atoms with Crippen LogP contribution in [-0.4, -0.2) is 19.1 Å². The third-order valence-corrected chi connectivity index (χ3v) is 3.88. The highest BCUT2D eigenvalue weighted by Crippen LogP contribution is 2.27. The van der Waals surface area contributed by atoms with Crippen molar-refractivity contribution in [3.63, 3.8) is 0 Å². The van der Waals surface area contributed by atoms with Crippen molar-refractivity contribution in [2.75, 3.05) is 18.4 Å². The summed E-state index contributed by atoms with van der Waals surface area (Å²) in [7, 11) is 0. The molecule has 18 heavy (non-hydrogen) atoms. The summed E-state index contributed by atoms with van der Waals surface area (Å²) in [5.41, 5.74) is 4.15. The number of hydrogen-bond donors (Lipinski definition) is 2. The van der Waals surface area contributed by atoms with Crippen molar-refractivity contribution in [3.05, 3.63) is 29.3 Å². The first-order valence-corrected chi connectivity index (χ1v) is 7.25. The van der Waals surface area contributed by atoms with E-state index in [0.717, 1.165) is 12.6 Å². The molecule has 1 atom stereocenters. The van der Waals surface area contributed by atoms with Crippen molar-refractivity contribution in [1.29, 1.82) is 0 Å². The van der Waals surface area contributed by atoms with Crippen LogP contribution in [0.1, 0.15) is 50.2 Å². The van der Waals surface area contributed by atoms with Crippen LogP contribution in [0.4, 0.5) is 5.69 Å². The average molecular weight is 246 g/mol. The molecule has 2 N–H and O–H groups in total. The number of hydrogen-bond acceptors (Lipinski definition) is 2. The van der Waals surface area contributed by atoms with Gasteiger partial charge in [-0.25, -0.2) is 0 Å². The van der Waals surface area contributed by atoms with Gasteiger partial charge in [0.05, 0.1) is 0 Å². The molecule has 0 aromatic heterocycles. The van der Waals surface area contributed by atoms with Gasteiger partial charge in [-0.3, -0.25) is 0 Å². The fourth-order valence-corrected chi connectivity index (χ4v) is 2.79. The third kappa shape index (κ3) is 3.26. The number of anilines is 1. The minimum Gasteiger partial charge on any atom is -0.385 e. The fourth-order valence-electron chi connectivity index (χ4n) is 2.79. The molecule has 1 fully saturated rings. The summed E-state index contributed by atoms with van der Waals surface area (Å²) in [6, 6.07) is 7.33. The molecule has 1 heterocycles. The normalized spacial score (nSPS) is 19.4. The number of para-hydroxylation sites is 1. The third-order valence-electron chi connectivity index (χ3n) is 3.88. The predicted octanol–water partition coefficient (Wildman–Crippen LogP) is 3.67. The van der Waals surface area contributed by atoms with E-state index in [2.05, 4.69) is 49.6 Å². The maximum Gasteiger partial charge on any atom is 0.0405 e. The lowest BCUT2D eigenvalue weighted by molar-refractivity contribution is 0.574. The van der Waals surface area contributed by atoms with Crippen LogP contribution in [0.3, 0.4) is 0 Å². The highest BCUT2D eigenvalue weighted by molar-refractivity contribution is 5.58. The number of benzene rings is 1. The molecule has 0 aliphatic carbocycles. The van der Waals surface area contributed by atoms with Gasteiger partial charge in [0, 0.05) is 18.3 Å². The van der Waals surface area contributed by atoms with Gasteiger partial charge < -0.3 is 10.6 Å². The van der Waals surface area contributed by atoms with Gasteiger partial charge in [-0.2, -0.15) is 0 Å². The van der Waals surface area contributed by atoms with Crippen molar-refractivity contribution in [1.82, 2.24) is 5.32 Å². The molecule has 1 saturated heterocycles. The Balaban J connectivity index is 1.95. The Bertz CT molecular complexity index is 379. The molecule has 1 aromatic carbocycles. The fraction of sp³-hybridized carbons (Fsp3) is 0.625. The first-order valence-electron chi connectivity index (χ1n) is 7.25. The maximum atomic E-state index is 3.65. The van der Waals surface area contributed by atoms with Crippen LogP contribution in [-0.2, 0) is 0 Å². The maximum absolute atomic E-state index is 3.65. The van der Waals surface area contributed by atoms with E-state index >= 15 is 0 Å². The lowest BCUT2D eigenvalue weighted by Gasteiger charge is -2.18. The van der Waals surface area contributed by atoms with E-state index in [1.165, 1.54) is 42.6 Å². The molecule has 0 amide bonds. The van der Waals surface area contributed by atoms with Gasteiger partial charge in [0.2, 0.25) is 0 Å². The van der Waals surface area contributed by atoms with Crippen LogP contribution in [0.15, 0.2) is 18.2 Å². The van der Waals surface area contributed by atoms with Crippen LogP contribution in [0, 0.1) is 6.92 Å². The van der Waals surface area contributed by atoms with Gasteiger partial charge in [-0.15, -0.1) is 0 Å². The Kier molecular flexibility index (Phi) is 4.65. The second-order valence-electron chi connectivity index (χ2n) is 5.70. The highest BCUT2D eigenvalue weighted by atomic mass is 15.0. The summed E-state index contributed by atoms with van der Waals surface area (Å²) in [6.45, 7) is 8.99. The molecule has 0 spiro atoms. The molecule has 1 aliphatic rings. The van der Waals surface area contributed by atoms with Crippen LogP contribution in [0.25, 0.3) is 0 Å². The van der Waals surface area contributed by atoms with E-state index in [0.29, 0.717) is 5.92 Å². The van der Waals surface area contributed by atoms with Gasteiger partial charge in [0.25, 0.3) is 0 Å². The zero-order valence-electron chi connectivity index (χ0n) is 11.9. The monoisotopic (exact) mass is 246 g/mol. The van der Waals surface area contributed by atoms with Gasteiger partial charge in [-0.1, -0.05) is 32.0 Å². The second kappa shape index (κ2) is 6.24. The number of aryl methyl sites for hydroxylation is 1. The largest absolute Gasteiger partial charge is 0.385 e. The molecular weight excluding hydrogens is 220 g/mol. The summed E-state index contributed by atoms with van der Waals surface area (Å²) in [5, 5.41) is 7.20. The molecule has 1 aromatic rings. The molecule has 0 saturated carbocycles. The second-order valence-corrected chi connectivity index (χ2v) is 5.70. The minimum atomic E-state index is 0.581. The molecular formula is C16H26N2. The summed E-state index contributed by atoms with van der Waals surface area (Å²) in [6.07, 6.45) is 3.91. The Morgan fingerprint density at radius 2 is 2.22 bits per heavy atom. The van der Waals surface area contributed by atoms with Crippen molar-refractivity contribution in [2.45, 2.75) is 52.0 Å². The van der Waals surface area contributed by atoms with E-state index in [4.69, 9.17) is 0 Å². The summed E-state index contributed by atoms with van der Waals surface area (Å²) in [5.74, 6) is 0.581. The predicted molar refractivity (Wildman–Crippen MR) is 79.4 cm³/mol. The van der Waals surface area contributed by atoms with E-state index < -0.39 is 0 Å². The molecule has 0 radical (unpaired) electrons. The molecule has 1 unspecified atom stereocenters. The van der Waals surface area contributed by atoms with Gasteiger partial charge in [-0.05, 0) is 49.8 Å². The molecule has 2 rings (SSSR count). The zero-order valence-corrected chi connectivity index (χ0v) is 11.9. The average Bonchev–Trinajstić information content (AvgIpc) is 2.84. The van der Waals surface area contributed by atoms with Crippen LogP contribution >= 0.6 is 0 Å². The summed E-state index contributed by atoms with van der Waals surface area (Å²) in [4.78, 5) is 0. The topological polar surface area (TPSA) is 24.1 Å². The summed E-state index contributed by atoms with van der Waals surface area (Å²) < 4.78 is 0. The first kappa shape index (κ1) is 13.4. The number of nitrogens with one attached hydrogen (secondary N) is 2. The first-order chi connectivity index (χ1) is 8.68. The minimum absolute atomic E-state index is 0.581. The van der Waals surface area contributed by atoms with E-state index in [-0.39, 0.29) is 0 Å². The number of rotatable bonds is 5. The zero-order chi connectivity index (χ0) is 13.0. The Labute approximate surface area is 111 Å². The van der Waals surface area contributed by atoms with Crippen LogP contribution < -0.4 is 10.6 Å². The molecule has 100 valence electrons. The van der Waals surface area contributed by atoms with Crippen molar-refractivity contribution in [2.24, 2.45) is 0 Å². The van der Waals surface area contributed by atoms with Crippen molar-refractivity contribution in [3.8, 4) is 0 Å². The van der Waals surface area contributed by atoms with Crippen molar-refractivity contribution >= 4 is 5.69 Å². The van der Waals surface area contributed by atoms with Crippen LogP contribution in [0.5, 0.6) is 0 Å². The molecule has 2 nitrogen and oxygen atoms in total. The van der Waals surface area contributed by atoms with E-state index in [9.17, 15) is 0 Å². The lowest BCUT2D eigenvalue weighted by atomic mass is 9.98. The highest BCUT2D eigenvalue weighted by Gasteiger charge is 2.14. The van der Waals surface area contributed by atoms with Gasteiger partial charge in [0.1, 0.15) is 0 Å². The molecule has 0 bridgehead atoms. The Hall–Kier alpha value is -1.02. The Morgan fingerprint density at radius 3 is 2.89 bits per heavy atom. The quantitative estimate of drug-likeness (QED) is 0.828. The molecule has 1 aliphatic heterocycles.